The molecule has 3 aliphatic rings. The molecule has 9 heteroatoms. The van der Waals surface area contributed by atoms with Gasteiger partial charge in [0.2, 0.25) is 0 Å². The molecule has 3 N–H and O–H groups in total. The summed E-state index contributed by atoms with van der Waals surface area (Å²) in [4.78, 5) is 39.0. The molecular weight excluding hydrogens is 564 g/mol. The molecule has 0 aromatic heterocycles. The number of allylic oxidation sites excluding steroid dienone is 3. The molecule has 3 aliphatic heterocycles. The van der Waals surface area contributed by atoms with E-state index in [0.717, 1.165) is 5.57 Å². The fraction of sp³-hybridized carbons (Fsp3) is 0.686. The van der Waals surface area contributed by atoms with Crippen LogP contribution in [0.4, 0.5) is 0 Å². The molecule has 9 nitrogen and oxygen atoms in total. The number of aliphatic hydroxyl groups is 3. The Kier molecular flexibility index (Phi) is 13.3. The second kappa shape index (κ2) is 16.2. The predicted molar refractivity (Wildman–Crippen MR) is 167 cm³/mol. The molecule has 4 bridgehead atoms. The first-order valence-corrected chi connectivity index (χ1v) is 15.9. The number of fused-ring (bicyclic) bond motifs is 4. The van der Waals surface area contributed by atoms with Crippen LogP contribution < -0.4 is 0 Å². The summed E-state index contributed by atoms with van der Waals surface area (Å²) in [5.41, 5.74) is 2.01. The van der Waals surface area contributed by atoms with Gasteiger partial charge in [0, 0.05) is 31.1 Å². The smallest absolute Gasteiger partial charge is 0.309 e. The van der Waals surface area contributed by atoms with Crippen LogP contribution in [0.2, 0.25) is 0 Å². The summed E-state index contributed by atoms with van der Waals surface area (Å²) < 4.78 is 18.2. The van der Waals surface area contributed by atoms with Crippen LogP contribution in [0.1, 0.15) is 86.5 Å². The molecule has 0 radical (unpaired) electrons. The van der Waals surface area contributed by atoms with Crippen molar-refractivity contribution in [3.8, 4) is 0 Å². The molecule has 0 aliphatic carbocycles. The molecule has 0 amide bonds. The van der Waals surface area contributed by atoms with Crippen molar-refractivity contribution >= 4 is 17.5 Å². The van der Waals surface area contributed by atoms with Crippen molar-refractivity contribution in [2.24, 2.45) is 17.8 Å². The van der Waals surface area contributed by atoms with E-state index >= 15 is 0 Å². The maximum absolute atomic E-state index is 13.1. The Balaban J connectivity index is 1.85. The normalized spacial score (nSPS) is 40.0. The van der Waals surface area contributed by atoms with E-state index in [0.29, 0.717) is 24.8 Å². The summed E-state index contributed by atoms with van der Waals surface area (Å²) in [5.74, 6) is -1.81. The number of rotatable bonds is 2. The molecule has 0 spiro atoms. The number of carbonyl (C=O) groups is 3. The van der Waals surface area contributed by atoms with Crippen LogP contribution in [0, 0.1) is 17.8 Å². The molecule has 2 fully saturated rings. The van der Waals surface area contributed by atoms with Crippen molar-refractivity contribution in [3.63, 3.8) is 0 Å². The van der Waals surface area contributed by atoms with Crippen LogP contribution >= 0.6 is 0 Å². The summed E-state index contributed by atoms with van der Waals surface area (Å²) in [6, 6.07) is 0. The van der Waals surface area contributed by atoms with Crippen molar-refractivity contribution in [3.05, 3.63) is 47.6 Å². The third-order valence-corrected chi connectivity index (χ3v) is 9.20. The Labute approximate surface area is 262 Å². The molecule has 44 heavy (non-hydrogen) atoms. The average molecular weight is 617 g/mol. The van der Waals surface area contributed by atoms with E-state index in [9.17, 15) is 29.7 Å². The zero-order valence-corrected chi connectivity index (χ0v) is 27.1. The first-order valence-electron chi connectivity index (χ1n) is 15.9. The van der Waals surface area contributed by atoms with Crippen molar-refractivity contribution in [1.29, 1.82) is 0 Å². The SMILES string of the molecule is C=C1/C=C(\C)C(C)C(O)CC(=O)C(C)CC(=O)CC2CCC(O2)C(/C=C/C=C(C)C)OC(=O)CC2OC(CC2C)C(O)C1O. The minimum absolute atomic E-state index is 0.0244. The lowest BCUT2D eigenvalue weighted by Gasteiger charge is -2.26. The number of cyclic esters (lactones) is 1. The predicted octanol–water partition coefficient (Wildman–Crippen LogP) is 4.33. The molecule has 0 saturated carbocycles. The van der Waals surface area contributed by atoms with Gasteiger partial charge in [-0.3, -0.25) is 14.4 Å². The molecule has 0 aromatic rings. The lowest BCUT2D eigenvalue weighted by molar-refractivity contribution is -0.158. The first kappa shape index (κ1) is 36.0. The Hall–Kier alpha value is -2.43. The van der Waals surface area contributed by atoms with Crippen LogP contribution in [-0.2, 0) is 28.6 Å². The zero-order valence-electron chi connectivity index (χ0n) is 27.1. The second-order valence-corrected chi connectivity index (χ2v) is 13.4. The van der Waals surface area contributed by atoms with Gasteiger partial charge >= 0.3 is 5.97 Å². The monoisotopic (exact) mass is 616 g/mol. The number of aliphatic hydroxyl groups excluding tert-OH is 3. The highest BCUT2D eigenvalue weighted by atomic mass is 16.6. The molecule has 11 unspecified atom stereocenters. The van der Waals surface area contributed by atoms with E-state index in [1.165, 1.54) is 0 Å². The topological polar surface area (TPSA) is 140 Å². The Bertz CT molecular complexity index is 1130. The van der Waals surface area contributed by atoms with E-state index in [4.69, 9.17) is 14.2 Å². The van der Waals surface area contributed by atoms with Crippen LogP contribution in [0.25, 0.3) is 0 Å². The molecule has 2 saturated heterocycles. The van der Waals surface area contributed by atoms with Gasteiger partial charge in [-0.05, 0) is 57.6 Å². The number of carbonyl (C=O) groups excluding carboxylic acids is 3. The largest absolute Gasteiger partial charge is 0.455 e. The Morgan fingerprint density at radius 3 is 2.32 bits per heavy atom. The zero-order chi connectivity index (χ0) is 32.7. The van der Waals surface area contributed by atoms with Gasteiger partial charge in [0.05, 0.1) is 36.9 Å². The number of Topliss-reactive ketones (excluding diaryl/α,β-unsaturated/α-hetero) is 2. The summed E-state index contributed by atoms with van der Waals surface area (Å²) in [7, 11) is 0. The Morgan fingerprint density at radius 1 is 0.932 bits per heavy atom. The number of ketones is 2. The molecule has 11 atom stereocenters. The van der Waals surface area contributed by atoms with Gasteiger partial charge in [-0.25, -0.2) is 0 Å². The lowest BCUT2D eigenvalue weighted by Crippen LogP contribution is -2.38. The first-order chi connectivity index (χ1) is 20.7. The minimum atomic E-state index is -1.33. The third-order valence-electron chi connectivity index (χ3n) is 9.20. The van der Waals surface area contributed by atoms with Crippen LogP contribution in [0.5, 0.6) is 0 Å². The quantitative estimate of drug-likeness (QED) is 0.306. The van der Waals surface area contributed by atoms with Gasteiger partial charge in [-0.15, -0.1) is 0 Å². The molecular formula is C35H52O9. The van der Waals surface area contributed by atoms with Gasteiger partial charge < -0.3 is 29.5 Å². The van der Waals surface area contributed by atoms with Gasteiger partial charge in [0.15, 0.2) is 0 Å². The van der Waals surface area contributed by atoms with Gasteiger partial charge in [0.25, 0.3) is 0 Å². The Morgan fingerprint density at radius 2 is 1.64 bits per heavy atom. The molecule has 0 aromatic carbocycles. The van der Waals surface area contributed by atoms with E-state index in [1.807, 2.05) is 32.9 Å². The maximum atomic E-state index is 13.1. The van der Waals surface area contributed by atoms with Crippen molar-refractivity contribution < 1.29 is 43.9 Å². The molecule has 246 valence electrons. The number of esters is 1. The lowest BCUT2D eigenvalue weighted by atomic mass is 9.87. The van der Waals surface area contributed by atoms with Crippen molar-refractivity contribution in [1.82, 2.24) is 0 Å². The van der Waals surface area contributed by atoms with Gasteiger partial charge in [0.1, 0.15) is 29.9 Å². The van der Waals surface area contributed by atoms with E-state index in [2.05, 4.69) is 6.58 Å². The van der Waals surface area contributed by atoms with E-state index in [-0.39, 0.29) is 54.8 Å². The fourth-order valence-electron chi connectivity index (χ4n) is 6.10. The summed E-state index contributed by atoms with van der Waals surface area (Å²) in [6.07, 6.45) is 2.65. The van der Waals surface area contributed by atoms with Crippen molar-refractivity contribution in [2.75, 3.05) is 0 Å². The highest BCUT2D eigenvalue weighted by Crippen LogP contribution is 2.34. The molecule has 3 rings (SSSR count). The van der Waals surface area contributed by atoms with Crippen LogP contribution in [-0.4, -0.2) is 81.7 Å². The van der Waals surface area contributed by atoms with Gasteiger partial charge in [-0.1, -0.05) is 56.7 Å². The highest BCUT2D eigenvalue weighted by Gasteiger charge is 2.41. The highest BCUT2D eigenvalue weighted by molar-refractivity contribution is 5.88. The van der Waals surface area contributed by atoms with Crippen molar-refractivity contribution in [2.45, 2.75) is 135 Å². The minimum Gasteiger partial charge on any atom is -0.455 e. The van der Waals surface area contributed by atoms with Crippen LogP contribution in [0.15, 0.2) is 47.6 Å². The third kappa shape index (κ3) is 10.0. The number of ether oxygens (including phenoxy) is 3. The van der Waals surface area contributed by atoms with E-state index < -0.39 is 60.5 Å². The number of hydrogen-bond acceptors (Lipinski definition) is 9. The summed E-state index contributed by atoms with van der Waals surface area (Å²) in [6.45, 7) is 15.0. The second-order valence-electron chi connectivity index (χ2n) is 13.4. The standard InChI is InChI=1S/C35H52O9/c1-19(2)9-8-10-29-30-12-11-26(42-30)16-25(36)14-21(4)27(37)17-28(38)24(7)20(3)13-23(6)34(40)35(41)32-15-22(5)31(43-32)18-33(39)44-29/h8-10,13,21-22,24,26,28-32,34-35,38,40-41H,6,11-12,14-18H2,1-5,7H3/b10-8+,20-13+. The molecule has 3 heterocycles. The number of hydrogen-bond donors (Lipinski definition) is 3. The average Bonchev–Trinajstić information content (AvgIpc) is 3.56. The summed E-state index contributed by atoms with van der Waals surface area (Å²) in [5, 5.41) is 32.7. The summed E-state index contributed by atoms with van der Waals surface area (Å²) >= 11 is 0. The fourth-order valence-corrected chi connectivity index (χ4v) is 6.10. The van der Waals surface area contributed by atoms with Crippen LogP contribution in [0.3, 0.4) is 0 Å². The van der Waals surface area contributed by atoms with Gasteiger partial charge in [-0.2, -0.15) is 0 Å². The van der Waals surface area contributed by atoms with E-state index in [1.54, 1.807) is 32.9 Å². The maximum Gasteiger partial charge on any atom is 0.309 e.